The highest BCUT2D eigenvalue weighted by Gasteiger charge is 2.22. The molecule has 0 radical (unpaired) electrons. The molecule has 0 aliphatic carbocycles. The molecule has 1 rings (SSSR count). The van der Waals surface area contributed by atoms with Crippen molar-refractivity contribution in [1.82, 2.24) is 0 Å². The van der Waals surface area contributed by atoms with Crippen LogP contribution in [0.15, 0.2) is 16.1 Å². The summed E-state index contributed by atoms with van der Waals surface area (Å²) in [6.07, 6.45) is 2.56. The maximum Gasteiger partial charge on any atom is 0.336 e. The molecule has 0 aliphatic heterocycles. The van der Waals surface area contributed by atoms with Crippen LogP contribution < -0.4 is 0 Å². The second kappa shape index (κ2) is 6.91. The molecule has 0 amide bonds. The summed E-state index contributed by atoms with van der Waals surface area (Å²) in [6, 6.07) is 1.21. The van der Waals surface area contributed by atoms with Crippen molar-refractivity contribution >= 4 is 24.1 Å². The predicted molar refractivity (Wildman–Crippen MR) is 68.7 cm³/mol. The van der Waals surface area contributed by atoms with Gasteiger partial charge in [-0.15, -0.1) is 0 Å². The summed E-state index contributed by atoms with van der Waals surface area (Å²) < 4.78 is 0. The summed E-state index contributed by atoms with van der Waals surface area (Å²) in [5, 5.41) is 18.4. The lowest BCUT2D eigenvalue weighted by molar-refractivity contribution is 0.0694. The fourth-order valence-electron chi connectivity index (χ4n) is 1.95. The van der Waals surface area contributed by atoms with Crippen LogP contribution in [0.3, 0.4) is 0 Å². The van der Waals surface area contributed by atoms with Crippen LogP contribution in [-0.4, -0.2) is 34.3 Å². The van der Waals surface area contributed by atoms with Gasteiger partial charge in [-0.25, -0.2) is 29.2 Å². The molecule has 1 aromatic carbocycles. The van der Waals surface area contributed by atoms with Crippen molar-refractivity contribution in [2.24, 2.45) is 9.98 Å². The summed E-state index contributed by atoms with van der Waals surface area (Å²) in [5.74, 6) is -2.67. The monoisotopic (exact) mass is 290 g/mol. The maximum atomic E-state index is 11.4. The first kappa shape index (κ1) is 16.0. The molecule has 0 atom stereocenters. The molecule has 0 fully saturated rings. The molecule has 21 heavy (non-hydrogen) atoms. The van der Waals surface area contributed by atoms with Crippen molar-refractivity contribution < 1.29 is 29.4 Å². The van der Waals surface area contributed by atoms with E-state index in [1.807, 2.05) is 0 Å². The number of hydrogen-bond acceptors (Lipinski definition) is 6. The van der Waals surface area contributed by atoms with Crippen LogP contribution in [0.2, 0.25) is 0 Å². The molecule has 0 saturated heterocycles. The lowest BCUT2D eigenvalue weighted by Gasteiger charge is -2.14. The second-order valence-corrected chi connectivity index (χ2v) is 3.99. The van der Waals surface area contributed by atoms with Crippen molar-refractivity contribution in [3.63, 3.8) is 0 Å². The highest BCUT2D eigenvalue weighted by molar-refractivity contribution is 5.98. The minimum atomic E-state index is -1.36. The molecule has 108 valence electrons. The molecular formula is C13H10N2O6. The first-order valence-electron chi connectivity index (χ1n) is 5.63. The topological polar surface area (TPSA) is 133 Å². The lowest BCUT2D eigenvalue weighted by atomic mass is 9.92. The number of carbonyl (C=O) groups excluding carboxylic acids is 2. The Morgan fingerprint density at radius 3 is 2.14 bits per heavy atom. The van der Waals surface area contributed by atoms with Crippen molar-refractivity contribution in [1.29, 1.82) is 0 Å². The quantitative estimate of drug-likeness (QED) is 0.594. The number of carboxylic acid groups (broad SMARTS) is 2. The Morgan fingerprint density at radius 2 is 1.67 bits per heavy atom. The summed E-state index contributed by atoms with van der Waals surface area (Å²) >= 11 is 0. The van der Waals surface area contributed by atoms with Crippen LogP contribution in [0.25, 0.3) is 0 Å². The van der Waals surface area contributed by atoms with Crippen molar-refractivity contribution in [3.8, 4) is 0 Å². The predicted octanol–water partition coefficient (Wildman–Crippen LogP) is 1.06. The van der Waals surface area contributed by atoms with Gasteiger partial charge in [-0.1, -0.05) is 0 Å². The van der Waals surface area contributed by atoms with Crippen LogP contribution in [0.1, 0.15) is 37.4 Å². The molecule has 8 nitrogen and oxygen atoms in total. The Labute approximate surface area is 118 Å². The van der Waals surface area contributed by atoms with Gasteiger partial charge in [0.2, 0.25) is 12.2 Å². The Bertz CT molecular complexity index is 697. The number of nitrogens with zero attached hydrogens (tertiary/aromatic N) is 2. The molecule has 0 spiro atoms. The lowest BCUT2D eigenvalue weighted by Crippen LogP contribution is -2.13. The van der Waals surface area contributed by atoms with E-state index in [1.165, 1.54) is 25.1 Å². The third-order valence-corrected chi connectivity index (χ3v) is 2.85. The van der Waals surface area contributed by atoms with Crippen molar-refractivity contribution in [3.05, 3.63) is 33.9 Å². The van der Waals surface area contributed by atoms with Crippen molar-refractivity contribution in [2.45, 2.75) is 20.0 Å². The smallest absolute Gasteiger partial charge is 0.336 e. The van der Waals surface area contributed by atoms with E-state index in [0.29, 0.717) is 0 Å². The minimum Gasteiger partial charge on any atom is -0.478 e. The Kier molecular flexibility index (Phi) is 5.25. The average molecular weight is 290 g/mol. The van der Waals surface area contributed by atoms with E-state index < -0.39 is 11.9 Å². The minimum absolute atomic E-state index is 0.0323. The first-order valence-corrected chi connectivity index (χ1v) is 5.63. The van der Waals surface area contributed by atoms with E-state index >= 15 is 0 Å². The van der Waals surface area contributed by atoms with Crippen LogP contribution in [0.4, 0.5) is 0 Å². The van der Waals surface area contributed by atoms with E-state index in [-0.39, 0.29) is 40.9 Å². The molecule has 0 aromatic heterocycles. The first-order chi connectivity index (χ1) is 9.93. The number of isocyanates is 2. The van der Waals surface area contributed by atoms with Gasteiger partial charge in [0.15, 0.2) is 0 Å². The third-order valence-electron chi connectivity index (χ3n) is 2.85. The number of carbonyl (C=O) groups is 2. The molecule has 0 aliphatic rings. The van der Waals surface area contributed by atoms with Gasteiger partial charge in [0.25, 0.3) is 0 Å². The molecular weight excluding hydrogens is 280 g/mol. The van der Waals surface area contributed by atoms with Gasteiger partial charge in [-0.3, -0.25) is 0 Å². The molecule has 0 heterocycles. The highest BCUT2D eigenvalue weighted by Crippen LogP contribution is 2.25. The molecule has 2 N–H and O–H groups in total. The molecule has 0 bridgehead atoms. The largest absolute Gasteiger partial charge is 0.478 e. The van der Waals surface area contributed by atoms with Crippen LogP contribution in [0, 0.1) is 6.92 Å². The SMILES string of the molecule is Cc1c(C(=O)O)cc(CN=C=O)c(CN=C=O)c1C(=O)O. The average Bonchev–Trinajstić information content (AvgIpc) is 2.42. The maximum absolute atomic E-state index is 11.4. The number of aromatic carboxylic acids is 2. The molecule has 8 heteroatoms. The fraction of sp³-hybridized carbons (Fsp3) is 0.231. The van der Waals surface area contributed by atoms with Crippen LogP contribution in [-0.2, 0) is 22.7 Å². The van der Waals surface area contributed by atoms with Gasteiger partial charge >= 0.3 is 11.9 Å². The Balaban J connectivity index is 3.72. The summed E-state index contributed by atoms with van der Waals surface area (Å²) in [7, 11) is 0. The number of rotatable bonds is 6. The number of hydrogen-bond donors (Lipinski definition) is 2. The van der Waals surface area contributed by atoms with Gasteiger partial charge < -0.3 is 10.2 Å². The fourth-order valence-corrected chi connectivity index (χ4v) is 1.95. The third kappa shape index (κ3) is 3.48. The number of benzene rings is 1. The number of carboxylic acids is 2. The van der Waals surface area contributed by atoms with Gasteiger partial charge in [0.1, 0.15) is 0 Å². The normalized spacial score (nSPS) is 9.38. The summed E-state index contributed by atoms with van der Waals surface area (Å²) in [6.45, 7) is 0.789. The summed E-state index contributed by atoms with van der Waals surface area (Å²) in [4.78, 5) is 49.6. The Morgan fingerprint density at radius 1 is 1.10 bits per heavy atom. The zero-order valence-corrected chi connectivity index (χ0v) is 10.9. The zero-order valence-electron chi connectivity index (χ0n) is 10.9. The zero-order chi connectivity index (χ0) is 16.0. The number of aliphatic imine (C=N–C) groups is 2. The van der Waals surface area contributed by atoms with E-state index in [0.717, 1.165) is 0 Å². The highest BCUT2D eigenvalue weighted by atomic mass is 16.4. The van der Waals surface area contributed by atoms with Crippen molar-refractivity contribution in [2.75, 3.05) is 0 Å². The Hall–Kier alpha value is -3.08. The van der Waals surface area contributed by atoms with E-state index in [9.17, 15) is 24.3 Å². The second-order valence-electron chi connectivity index (χ2n) is 3.99. The molecule has 0 saturated carbocycles. The van der Waals surface area contributed by atoms with E-state index in [4.69, 9.17) is 5.11 Å². The summed E-state index contributed by atoms with van der Waals surface area (Å²) in [5.41, 5.74) is -0.164. The standard InChI is InChI=1S/C13H10N2O6/c1-7-9(12(18)19)2-8(3-14-5-16)10(4-15-6-17)11(7)13(20)21/h2H,3-4H2,1H3,(H,18,19)(H,20,21). The van der Waals surface area contributed by atoms with E-state index in [2.05, 4.69) is 9.98 Å². The van der Waals surface area contributed by atoms with Crippen LogP contribution in [0.5, 0.6) is 0 Å². The van der Waals surface area contributed by atoms with E-state index in [1.54, 1.807) is 0 Å². The van der Waals surface area contributed by atoms with Gasteiger partial charge in [-0.2, -0.15) is 0 Å². The molecule has 1 aromatic rings. The van der Waals surface area contributed by atoms with Gasteiger partial charge in [0.05, 0.1) is 24.2 Å². The van der Waals surface area contributed by atoms with Gasteiger partial charge in [-0.05, 0) is 29.7 Å². The van der Waals surface area contributed by atoms with Gasteiger partial charge in [0, 0.05) is 0 Å². The molecule has 0 unspecified atom stereocenters. The van der Waals surface area contributed by atoms with Crippen LogP contribution >= 0.6 is 0 Å².